The summed E-state index contributed by atoms with van der Waals surface area (Å²) in [5.41, 5.74) is 1.10. The third kappa shape index (κ3) is 6.41. The van der Waals surface area contributed by atoms with Crippen LogP contribution < -0.4 is 5.32 Å². The highest BCUT2D eigenvalue weighted by molar-refractivity contribution is 5.68. The molecule has 0 saturated carbocycles. The number of carbonyl (C=O) groups excluding carboxylic acids is 2. The first-order chi connectivity index (χ1) is 15.3. The Morgan fingerprint density at radius 2 is 1.62 bits per heavy atom. The molecule has 1 amide bonds. The predicted octanol–water partition coefficient (Wildman–Crippen LogP) is 3.80. The summed E-state index contributed by atoms with van der Waals surface area (Å²) in [5.74, 6) is 0.393. The van der Waals surface area contributed by atoms with E-state index in [4.69, 9.17) is 14.0 Å². The topological polar surface area (TPSA) is 104 Å². The molecular formula is C24H27N3O5. The van der Waals surface area contributed by atoms with Crippen molar-refractivity contribution < 1.29 is 23.6 Å². The highest BCUT2D eigenvalue weighted by Crippen LogP contribution is 2.26. The van der Waals surface area contributed by atoms with Gasteiger partial charge in [0.15, 0.2) is 5.82 Å². The van der Waals surface area contributed by atoms with Crippen LogP contribution in [0.2, 0.25) is 0 Å². The summed E-state index contributed by atoms with van der Waals surface area (Å²) in [6, 6.07) is 18.5. The van der Waals surface area contributed by atoms with Gasteiger partial charge in [-0.3, -0.25) is 4.79 Å². The molecule has 0 saturated heterocycles. The first-order valence-corrected chi connectivity index (χ1v) is 10.3. The average Bonchev–Trinajstić information content (AvgIpc) is 3.26. The molecule has 0 unspecified atom stereocenters. The van der Waals surface area contributed by atoms with Crippen molar-refractivity contribution in [3.05, 3.63) is 83.5 Å². The van der Waals surface area contributed by atoms with E-state index in [2.05, 4.69) is 15.5 Å². The number of benzene rings is 2. The molecule has 0 bridgehead atoms. The Hall–Kier alpha value is -3.68. The fourth-order valence-corrected chi connectivity index (χ4v) is 3.05. The van der Waals surface area contributed by atoms with Gasteiger partial charge < -0.3 is 19.3 Å². The molecule has 8 heteroatoms. The normalized spacial score (nSPS) is 12.1. The van der Waals surface area contributed by atoms with Gasteiger partial charge in [0.2, 0.25) is 5.89 Å². The molecule has 32 heavy (non-hydrogen) atoms. The highest BCUT2D eigenvalue weighted by Gasteiger charge is 2.38. The monoisotopic (exact) mass is 437 g/mol. The lowest BCUT2D eigenvalue weighted by atomic mass is 9.84. The zero-order valence-electron chi connectivity index (χ0n) is 18.4. The SMILES string of the molecule is CC(=O)OC[C@@H](NC(=O)OCc1ccccc1)C(C)(C)c1noc(Cc2ccccc2)n1. The largest absolute Gasteiger partial charge is 0.464 e. The van der Waals surface area contributed by atoms with Crippen LogP contribution in [0.3, 0.4) is 0 Å². The van der Waals surface area contributed by atoms with E-state index in [0.717, 1.165) is 11.1 Å². The number of alkyl carbamates (subject to hydrolysis) is 1. The fraction of sp³-hybridized carbons (Fsp3) is 0.333. The number of hydrogen-bond acceptors (Lipinski definition) is 7. The number of rotatable bonds is 9. The number of ether oxygens (including phenoxy) is 2. The van der Waals surface area contributed by atoms with E-state index >= 15 is 0 Å². The van der Waals surface area contributed by atoms with Crippen LogP contribution in [0.4, 0.5) is 4.79 Å². The fourth-order valence-electron chi connectivity index (χ4n) is 3.05. The lowest BCUT2D eigenvalue weighted by molar-refractivity contribution is -0.142. The molecule has 168 valence electrons. The maximum atomic E-state index is 12.5. The molecule has 1 N–H and O–H groups in total. The molecule has 1 aromatic heterocycles. The quantitative estimate of drug-likeness (QED) is 0.508. The van der Waals surface area contributed by atoms with E-state index in [1.807, 2.05) is 74.5 Å². The van der Waals surface area contributed by atoms with Gasteiger partial charge in [0.1, 0.15) is 13.2 Å². The zero-order valence-corrected chi connectivity index (χ0v) is 18.4. The van der Waals surface area contributed by atoms with Crippen molar-refractivity contribution in [2.24, 2.45) is 0 Å². The van der Waals surface area contributed by atoms with Gasteiger partial charge in [-0.2, -0.15) is 4.98 Å². The van der Waals surface area contributed by atoms with Crippen LogP contribution >= 0.6 is 0 Å². The van der Waals surface area contributed by atoms with Crippen molar-refractivity contribution in [3.63, 3.8) is 0 Å². The molecule has 0 radical (unpaired) electrons. The Morgan fingerprint density at radius 3 is 2.25 bits per heavy atom. The van der Waals surface area contributed by atoms with Crippen molar-refractivity contribution in [3.8, 4) is 0 Å². The van der Waals surface area contributed by atoms with Crippen LogP contribution in [-0.4, -0.2) is 34.9 Å². The van der Waals surface area contributed by atoms with E-state index in [-0.39, 0.29) is 13.2 Å². The van der Waals surface area contributed by atoms with E-state index in [1.165, 1.54) is 6.92 Å². The molecule has 3 rings (SSSR count). The summed E-state index contributed by atoms with van der Waals surface area (Å²) < 4.78 is 15.9. The van der Waals surface area contributed by atoms with Crippen LogP contribution in [0, 0.1) is 0 Å². The average molecular weight is 437 g/mol. The van der Waals surface area contributed by atoms with E-state index in [0.29, 0.717) is 18.1 Å². The Bertz CT molecular complexity index is 1020. The van der Waals surface area contributed by atoms with Crippen molar-refractivity contribution >= 4 is 12.1 Å². The number of nitrogens with zero attached hydrogens (tertiary/aromatic N) is 2. The lowest BCUT2D eigenvalue weighted by Crippen LogP contribution is -2.51. The number of hydrogen-bond donors (Lipinski definition) is 1. The second kappa shape index (κ2) is 10.6. The third-order valence-corrected chi connectivity index (χ3v) is 5.07. The maximum absolute atomic E-state index is 12.5. The Balaban J connectivity index is 1.70. The van der Waals surface area contributed by atoms with Gasteiger partial charge in [-0.25, -0.2) is 4.79 Å². The van der Waals surface area contributed by atoms with Crippen molar-refractivity contribution in [2.75, 3.05) is 6.61 Å². The molecule has 0 aliphatic carbocycles. The minimum atomic E-state index is -0.806. The van der Waals surface area contributed by atoms with E-state index in [1.54, 1.807) is 0 Å². The lowest BCUT2D eigenvalue weighted by Gasteiger charge is -2.31. The molecule has 0 spiro atoms. The Kier molecular flexibility index (Phi) is 7.59. The van der Waals surface area contributed by atoms with Crippen LogP contribution in [0.15, 0.2) is 65.2 Å². The molecule has 1 atom stereocenters. The summed E-state index contributed by atoms with van der Waals surface area (Å²) in [6.45, 7) is 5.05. The standard InChI is InChI=1S/C24H27N3O5/c1-17(28)30-16-20(25-23(29)31-15-19-12-8-5-9-13-19)24(2,3)22-26-21(32-27-22)14-18-10-6-4-7-11-18/h4-13,20H,14-16H2,1-3H3,(H,25,29)/t20-/m1/s1. The maximum Gasteiger partial charge on any atom is 0.407 e. The summed E-state index contributed by atoms with van der Waals surface area (Å²) in [7, 11) is 0. The molecule has 2 aromatic carbocycles. The molecule has 8 nitrogen and oxygen atoms in total. The first kappa shape index (κ1) is 23.0. The van der Waals surface area contributed by atoms with E-state index < -0.39 is 23.5 Å². The molecule has 0 fully saturated rings. The summed E-state index contributed by atoms with van der Waals surface area (Å²) in [5, 5.41) is 6.89. The molecule has 1 heterocycles. The molecular weight excluding hydrogens is 410 g/mol. The second-order valence-corrected chi connectivity index (χ2v) is 7.96. The van der Waals surface area contributed by atoms with Gasteiger partial charge in [0.25, 0.3) is 0 Å². The number of carbonyl (C=O) groups is 2. The molecule has 0 aliphatic heterocycles. The van der Waals surface area contributed by atoms with Crippen molar-refractivity contribution in [1.82, 2.24) is 15.5 Å². The van der Waals surface area contributed by atoms with Crippen molar-refractivity contribution in [1.29, 1.82) is 0 Å². The Morgan fingerprint density at radius 1 is 1.00 bits per heavy atom. The summed E-state index contributed by atoms with van der Waals surface area (Å²) in [6.07, 6.45) is -0.141. The molecule has 0 aliphatic rings. The summed E-state index contributed by atoms with van der Waals surface area (Å²) >= 11 is 0. The first-order valence-electron chi connectivity index (χ1n) is 10.3. The van der Waals surface area contributed by atoms with Crippen LogP contribution in [0.5, 0.6) is 0 Å². The van der Waals surface area contributed by atoms with Gasteiger partial charge in [-0.1, -0.05) is 79.7 Å². The second-order valence-electron chi connectivity index (χ2n) is 7.96. The minimum Gasteiger partial charge on any atom is -0.464 e. The van der Waals surface area contributed by atoms with Crippen LogP contribution in [0.25, 0.3) is 0 Å². The number of nitrogens with one attached hydrogen (secondary N) is 1. The highest BCUT2D eigenvalue weighted by atomic mass is 16.6. The number of amides is 1. The smallest absolute Gasteiger partial charge is 0.407 e. The Labute approximate surface area is 186 Å². The zero-order chi connectivity index (χ0) is 23.0. The number of esters is 1. The summed E-state index contributed by atoms with van der Waals surface area (Å²) in [4.78, 5) is 28.4. The predicted molar refractivity (Wildman–Crippen MR) is 117 cm³/mol. The van der Waals surface area contributed by atoms with Gasteiger partial charge in [-0.05, 0) is 11.1 Å². The minimum absolute atomic E-state index is 0.0642. The number of aromatic nitrogens is 2. The van der Waals surface area contributed by atoms with E-state index in [9.17, 15) is 9.59 Å². The molecule has 3 aromatic rings. The van der Waals surface area contributed by atoms with Gasteiger partial charge in [-0.15, -0.1) is 0 Å². The van der Waals surface area contributed by atoms with Crippen molar-refractivity contribution in [2.45, 2.75) is 45.3 Å². The van der Waals surface area contributed by atoms with Gasteiger partial charge in [0.05, 0.1) is 17.9 Å². The third-order valence-electron chi connectivity index (χ3n) is 5.07. The van der Waals surface area contributed by atoms with Gasteiger partial charge >= 0.3 is 12.1 Å². The van der Waals surface area contributed by atoms with Gasteiger partial charge in [0, 0.05) is 6.92 Å². The van der Waals surface area contributed by atoms with Crippen LogP contribution in [-0.2, 0) is 32.7 Å². The van der Waals surface area contributed by atoms with Crippen LogP contribution in [0.1, 0.15) is 43.6 Å².